The molecule has 0 radical (unpaired) electrons. The molecule has 0 spiro atoms. The highest BCUT2D eigenvalue weighted by atomic mass is 19.4. The molecule has 3 heterocycles. The summed E-state index contributed by atoms with van der Waals surface area (Å²) in [7, 11) is 0. The third-order valence-electron chi connectivity index (χ3n) is 5.09. The van der Waals surface area contributed by atoms with E-state index in [-0.39, 0.29) is 0 Å². The summed E-state index contributed by atoms with van der Waals surface area (Å²) in [5, 5.41) is 21.6. The number of H-pyrrole nitrogens is 1. The van der Waals surface area contributed by atoms with Crippen LogP contribution in [0.1, 0.15) is 29.8 Å². The number of alkyl halides is 6. The number of halogens is 6. The van der Waals surface area contributed by atoms with Gasteiger partial charge in [-0.2, -0.15) is 31.4 Å². The fourth-order valence-electron chi connectivity index (χ4n) is 3.27. The fourth-order valence-corrected chi connectivity index (χ4v) is 3.27. The second kappa shape index (κ2) is 14.3. The van der Waals surface area contributed by atoms with Crippen LogP contribution in [-0.2, 0) is 16.0 Å². The summed E-state index contributed by atoms with van der Waals surface area (Å²) in [6.45, 7) is 9.64. The number of aromatic amines is 1. The molecule has 1 fully saturated rings. The number of aliphatic carboxylic acids is 2. The van der Waals surface area contributed by atoms with Gasteiger partial charge in [0.05, 0.1) is 5.69 Å². The minimum absolute atomic E-state index is 0.860. The Kier molecular flexibility index (Phi) is 12.3. The van der Waals surface area contributed by atoms with Crippen molar-refractivity contribution in [3.05, 3.63) is 35.4 Å². The van der Waals surface area contributed by atoms with Gasteiger partial charge in [-0.1, -0.05) is 0 Å². The number of aryl methyl sites for hydroxylation is 2. The maximum atomic E-state index is 10.6. The van der Waals surface area contributed by atoms with Crippen molar-refractivity contribution in [2.75, 3.05) is 37.6 Å². The standard InChI is InChI=1S/C17H26N6.2C2HF3O2/c1-14-16(15(2)21-20-14)6-3-9-22-10-5-11-23(13-12-22)17-18-7-4-8-19-17;2*3-2(4,5)1(6)7/h4,7-8H,3,5-6,9-13H2,1-2H3,(H,20,21);2*(H,6,7). The maximum Gasteiger partial charge on any atom is 0.490 e. The highest BCUT2D eigenvalue weighted by molar-refractivity contribution is 5.73. The molecule has 2 aromatic heterocycles. The number of aromatic nitrogens is 4. The van der Waals surface area contributed by atoms with E-state index in [0.29, 0.717) is 0 Å². The predicted octanol–water partition coefficient (Wildman–Crippen LogP) is 3.23. The predicted molar refractivity (Wildman–Crippen MR) is 119 cm³/mol. The number of anilines is 1. The lowest BCUT2D eigenvalue weighted by Gasteiger charge is -2.21. The van der Waals surface area contributed by atoms with Crippen LogP contribution in [0.2, 0.25) is 0 Å². The monoisotopic (exact) mass is 542 g/mol. The van der Waals surface area contributed by atoms with Gasteiger partial charge >= 0.3 is 24.3 Å². The van der Waals surface area contributed by atoms with Crippen LogP contribution in [-0.4, -0.2) is 92.3 Å². The van der Waals surface area contributed by atoms with Crippen LogP contribution in [0.3, 0.4) is 0 Å². The van der Waals surface area contributed by atoms with Crippen LogP contribution in [0, 0.1) is 13.8 Å². The minimum atomic E-state index is -5.08. The first-order valence-corrected chi connectivity index (χ1v) is 11.0. The van der Waals surface area contributed by atoms with Crippen LogP contribution in [0.4, 0.5) is 32.3 Å². The van der Waals surface area contributed by atoms with E-state index in [9.17, 15) is 26.3 Å². The van der Waals surface area contributed by atoms with E-state index in [0.717, 1.165) is 50.8 Å². The van der Waals surface area contributed by atoms with E-state index in [1.165, 1.54) is 24.1 Å². The molecule has 37 heavy (non-hydrogen) atoms. The van der Waals surface area contributed by atoms with Crippen molar-refractivity contribution in [3.8, 4) is 0 Å². The third-order valence-corrected chi connectivity index (χ3v) is 5.09. The number of rotatable bonds is 5. The van der Waals surface area contributed by atoms with E-state index in [1.807, 2.05) is 18.5 Å². The van der Waals surface area contributed by atoms with Crippen molar-refractivity contribution in [2.45, 2.75) is 45.5 Å². The molecule has 0 bridgehead atoms. The Morgan fingerprint density at radius 2 is 1.49 bits per heavy atom. The van der Waals surface area contributed by atoms with E-state index in [1.54, 1.807) is 0 Å². The lowest BCUT2D eigenvalue weighted by Crippen LogP contribution is -2.32. The molecule has 3 rings (SSSR count). The summed E-state index contributed by atoms with van der Waals surface area (Å²) in [6, 6.07) is 1.87. The molecule has 208 valence electrons. The molecule has 0 amide bonds. The summed E-state index contributed by atoms with van der Waals surface area (Å²) >= 11 is 0. The van der Waals surface area contributed by atoms with E-state index < -0.39 is 24.3 Å². The molecule has 16 heteroatoms. The van der Waals surface area contributed by atoms with E-state index in [4.69, 9.17) is 19.8 Å². The molecular weight excluding hydrogens is 514 g/mol. The van der Waals surface area contributed by atoms with Crippen LogP contribution < -0.4 is 4.90 Å². The highest BCUT2D eigenvalue weighted by Gasteiger charge is 2.38. The van der Waals surface area contributed by atoms with Crippen LogP contribution in [0.5, 0.6) is 0 Å². The zero-order chi connectivity index (χ0) is 28.2. The Hall–Kier alpha value is -3.43. The van der Waals surface area contributed by atoms with Gasteiger partial charge in [-0.05, 0) is 57.8 Å². The van der Waals surface area contributed by atoms with Crippen LogP contribution in [0.25, 0.3) is 0 Å². The topological polar surface area (TPSA) is 136 Å². The number of hydrogen-bond donors (Lipinski definition) is 3. The molecule has 0 unspecified atom stereocenters. The van der Waals surface area contributed by atoms with Gasteiger partial charge in [0.15, 0.2) is 0 Å². The van der Waals surface area contributed by atoms with Gasteiger partial charge in [-0.25, -0.2) is 19.6 Å². The first kappa shape index (κ1) is 31.6. The normalized spacial score (nSPS) is 14.5. The summed E-state index contributed by atoms with van der Waals surface area (Å²) in [6.07, 6.45) is -3.07. The lowest BCUT2D eigenvalue weighted by atomic mass is 10.1. The average molecular weight is 542 g/mol. The lowest BCUT2D eigenvalue weighted by molar-refractivity contribution is -0.193. The smallest absolute Gasteiger partial charge is 0.475 e. The van der Waals surface area contributed by atoms with Gasteiger partial charge in [-0.3, -0.25) is 5.10 Å². The number of nitrogens with one attached hydrogen (secondary N) is 1. The Labute approximate surface area is 208 Å². The zero-order valence-electron chi connectivity index (χ0n) is 20.1. The Morgan fingerprint density at radius 1 is 0.946 bits per heavy atom. The first-order chi connectivity index (χ1) is 17.1. The van der Waals surface area contributed by atoms with Crippen molar-refractivity contribution in [1.82, 2.24) is 25.1 Å². The van der Waals surface area contributed by atoms with Gasteiger partial charge in [0.2, 0.25) is 5.95 Å². The van der Waals surface area contributed by atoms with E-state index >= 15 is 0 Å². The maximum absolute atomic E-state index is 10.6. The molecular formula is C21H28F6N6O4. The molecule has 1 saturated heterocycles. The third kappa shape index (κ3) is 11.9. The van der Waals surface area contributed by atoms with Crippen molar-refractivity contribution < 1.29 is 46.1 Å². The van der Waals surface area contributed by atoms with Gasteiger partial charge in [0, 0.05) is 37.7 Å². The summed E-state index contributed by atoms with van der Waals surface area (Å²) in [5.41, 5.74) is 3.75. The van der Waals surface area contributed by atoms with Crippen LogP contribution in [0.15, 0.2) is 18.5 Å². The number of carbonyl (C=O) groups is 2. The Balaban J connectivity index is 0.000000404. The van der Waals surface area contributed by atoms with Gasteiger partial charge in [0.25, 0.3) is 0 Å². The first-order valence-electron chi connectivity index (χ1n) is 11.0. The van der Waals surface area contributed by atoms with Crippen molar-refractivity contribution in [2.24, 2.45) is 0 Å². The number of carboxylic acids is 2. The molecule has 0 aromatic carbocycles. The summed E-state index contributed by atoms with van der Waals surface area (Å²) in [5.74, 6) is -4.65. The molecule has 3 N–H and O–H groups in total. The fraction of sp³-hybridized carbons (Fsp3) is 0.571. The van der Waals surface area contributed by atoms with Crippen molar-refractivity contribution in [1.29, 1.82) is 0 Å². The number of nitrogens with zero attached hydrogens (tertiary/aromatic N) is 5. The quantitative estimate of drug-likeness (QED) is 0.487. The second-order valence-electron chi connectivity index (χ2n) is 7.85. The molecule has 10 nitrogen and oxygen atoms in total. The number of carboxylic acid groups (broad SMARTS) is 2. The molecule has 1 aliphatic heterocycles. The highest BCUT2D eigenvalue weighted by Crippen LogP contribution is 2.15. The van der Waals surface area contributed by atoms with Gasteiger partial charge < -0.3 is 20.0 Å². The number of hydrogen-bond acceptors (Lipinski definition) is 7. The van der Waals surface area contributed by atoms with Crippen molar-refractivity contribution in [3.63, 3.8) is 0 Å². The second-order valence-corrected chi connectivity index (χ2v) is 7.85. The van der Waals surface area contributed by atoms with Crippen molar-refractivity contribution >= 4 is 17.9 Å². The van der Waals surface area contributed by atoms with E-state index in [2.05, 4.69) is 43.8 Å². The van der Waals surface area contributed by atoms with Gasteiger partial charge in [0.1, 0.15) is 0 Å². The zero-order valence-corrected chi connectivity index (χ0v) is 20.1. The average Bonchev–Trinajstić information content (AvgIpc) is 2.99. The molecule has 0 aliphatic carbocycles. The Morgan fingerprint density at radius 3 is 1.95 bits per heavy atom. The van der Waals surface area contributed by atoms with Crippen LogP contribution >= 0.6 is 0 Å². The molecule has 0 atom stereocenters. The molecule has 0 saturated carbocycles. The summed E-state index contributed by atoms with van der Waals surface area (Å²) in [4.78, 5) is 31.4. The summed E-state index contributed by atoms with van der Waals surface area (Å²) < 4.78 is 63.5. The molecule has 1 aliphatic rings. The molecule has 2 aromatic rings. The minimum Gasteiger partial charge on any atom is -0.475 e. The SMILES string of the molecule is Cc1n[nH]c(C)c1CCCN1CCCN(c2ncccn2)CC1.O=C(O)C(F)(F)F.O=C(O)C(F)(F)F. The van der Waals surface area contributed by atoms with Gasteiger partial charge in [-0.15, -0.1) is 0 Å². The largest absolute Gasteiger partial charge is 0.490 e. The Bertz CT molecular complexity index is 941.